The Bertz CT molecular complexity index is 652. The summed E-state index contributed by atoms with van der Waals surface area (Å²) in [6.07, 6.45) is -3.31. The van der Waals surface area contributed by atoms with Crippen LogP contribution in [0.4, 0.5) is 13.2 Å². The van der Waals surface area contributed by atoms with E-state index in [1.54, 1.807) is 0 Å². The number of rotatable bonds is 3. The van der Waals surface area contributed by atoms with E-state index in [1.165, 1.54) is 24.4 Å². The van der Waals surface area contributed by atoms with Crippen LogP contribution in [0, 0.1) is 0 Å². The minimum absolute atomic E-state index is 0.00944. The largest absolute Gasteiger partial charge is 0.478 e. The highest BCUT2D eigenvalue weighted by Crippen LogP contribution is 2.27. The molecule has 106 valence electrons. The van der Waals surface area contributed by atoms with Gasteiger partial charge in [-0.05, 0) is 23.8 Å². The van der Waals surface area contributed by atoms with Gasteiger partial charge in [0.05, 0.1) is 12.1 Å². The Hall–Kier alpha value is -2.02. The lowest BCUT2D eigenvalue weighted by atomic mass is 10.1. The fourth-order valence-electron chi connectivity index (χ4n) is 1.58. The Morgan fingerprint density at radius 1 is 1.35 bits per heavy atom. The van der Waals surface area contributed by atoms with Gasteiger partial charge in [-0.25, -0.2) is 4.79 Å². The average molecular weight is 305 g/mol. The van der Waals surface area contributed by atoms with Crippen molar-refractivity contribution < 1.29 is 23.1 Å². The fourth-order valence-corrected chi connectivity index (χ4v) is 1.82. The molecule has 1 N–H and O–H groups in total. The molecular weight excluding hydrogens is 297 g/mol. The monoisotopic (exact) mass is 304 g/mol. The minimum atomic E-state index is -4.50. The molecule has 20 heavy (non-hydrogen) atoms. The number of aromatic carboxylic acids is 1. The van der Waals surface area contributed by atoms with Crippen LogP contribution in [0.5, 0.6) is 0 Å². The van der Waals surface area contributed by atoms with E-state index in [4.69, 9.17) is 16.7 Å². The molecule has 0 saturated heterocycles. The van der Waals surface area contributed by atoms with Gasteiger partial charge < -0.3 is 5.11 Å². The zero-order chi connectivity index (χ0) is 14.9. The molecule has 0 fully saturated rings. The molecule has 0 aliphatic rings. The molecular formula is C12H8ClF3N2O2. The lowest BCUT2D eigenvalue weighted by Crippen LogP contribution is -2.08. The molecule has 1 aromatic carbocycles. The first-order valence-corrected chi connectivity index (χ1v) is 5.77. The van der Waals surface area contributed by atoms with Crippen LogP contribution in [0.3, 0.4) is 0 Å². The van der Waals surface area contributed by atoms with Gasteiger partial charge in [-0.2, -0.15) is 18.3 Å². The molecule has 8 heteroatoms. The molecule has 0 spiro atoms. The number of aromatic nitrogens is 2. The highest BCUT2D eigenvalue weighted by Gasteiger charge is 2.33. The normalized spacial score (nSPS) is 11.6. The molecule has 0 atom stereocenters. The van der Waals surface area contributed by atoms with Gasteiger partial charge in [0.25, 0.3) is 0 Å². The Balaban J connectivity index is 2.22. The summed E-state index contributed by atoms with van der Waals surface area (Å²) in [6, 6.07) is 4.88. The van der Waals surface area contributed by atoms with Gasteiger partial charge in [-0.1, -0.05) is 17.7 Å². The molecule has 0 aliphatic heterocycles. The van der Waals surface area contributed by atoms with Gasteiger partial charge in [0.1, 0.15) is 0 Å². The van der Waals surface area contributed by atoms with Gasteiger partial charge in [-0.15, -0.1) is 0 Å². The van der Waals surface area contributed by atoms with E-state index in [2.05, 4.69) is 5.10 Å². The maximum Gasteiger partial charge on any atom is 0.435 e. The van der Waals surface area contributed by atoms with Gasteiger partial charge >= 0.3 is 12.1 Å². The van der Waals surface area contributed by atoms with Crippen molar-refractivity contribution >= 4 is 17.6 Å². The zero-order valence-corrected chi connectivity index (χ0v) is 10.6. The second-order valence-corrected chi connectivity index (χ2v) is 4.41. The minimum Gasteiger partial charge on any atom is -0.478 e. The Morgan fingerprint density at radius 3 is 2.55 bits per heavy atom. The van der Waals surface area contributed by atoms with Crippen LogP contribution in [-0.2, 0) is 12.7 Å². The maximum absolute atomic E-state index is 12.4. The summed E-state index contributed by atoms with van der Waals surface area (Å²) in [5.74, 6) is -1.13. The number of carboxylic acid groups (broad SMARTS) is 1. The van der Waals surface area contributed by atoms with E-state index in [1.807, 2.05) is 0 Å². The smallest absolute Gasteiger partial charge is 0.435 e. The van der Waals surface area contributed by atoms with Crippen molar-refractivity contribution in [1.29, 1.82) is 0 Å². The highest BCUT2D eigenvalue weighted by molar-refractivity contribution is 6.31. The first-order chi connectivity index (χ1) is 9.27. The van der Waals surface area contributed by atoms with Crippen LogP contribution in [0.1, 0.15) is 21.6 Å². The van der Waals surface area contributed by atoms with Crippen LogP contribution in [0.2, 0.25) is 5.02 Å². The summed E-state index contributed by atoms with van der Waals surface area (Å²) in [7, 11) is 0. The fraction of sp³-hybridized carbons (Fsp3) is 0.167. The number of alkyl halides is 3. The number of carboxylic acids is 1. The van der Waals surface area contributed by atoms with Crippen LogP contribution in [0.15, 0.2) is 30.5 Å². The first-order valence-electron chi connectivity index (χ1n) is 5.40. The van der Waals surface area contributed by atoms with E-state index in [0.717, 1.165) is 10.7 Å². The van der Waals surface area contributed by atoms with Crippen LogP contribution >= 0.6 is 11.6 Å². The van der Waals surface area contributed by atoms with Crippen molar-refractivity contribution in [2.24, 2.45) is 0 Å². The number of hydrogen-bond acceptors (Lipinski definition) is 2. The molecule has 1 aromatic heterocycles. The third kappa shape index (κ3) is 3.11. The Kier molecular flexibility index (Phi) is 3.71. The van der Waals surface area contributed by atoms with Gasteiger partial charge in [0.2, 0.25) is 0 Å². The lowest BCUT2D eigenvalue weighted by Gasteiger charge is -2.06. The summed E-state index contributed by atoms with van der Waals surface area (Å²) in [6.45, 7) is 0.0226. The predicted molar refractivity (Wildman–Crippen MR) is 64.7 cm³/mol. The number of halogens is 4. The zero-order valence-electron chi connectivity index (χ0n) is 9.86. The topological polar surface area (TPSA) is 55.1 Å². The van der Waals surface area contributed by atoms with E-state index in [-0.39, 0.29) is 17.1 Å². The van der Waals surface area contributed by atoms with Crippen molar-refractivity contribution in [2.45, 2.75) is 12.7 Å². The van der Waals surface area contributed by atoms with Crippen molar-refractivity contribution in [3.8, 4) is 0 Å². The first kappa shape index (κ1) is 14.4. The molecule has 0 radical (unpaired) electrons. The summed E-state index contributed by atoms with van der Waals surface area (Å²) in [4.78, 5) is 10.7. The second kappa shape index (κ2) is 5.16. The lowest BCUT2D eigenvalue weighted by molar-refractivity contribution is -0.141. The van der Waals surface area contributed by atoms with Crippen molar-refractivity contribution in [3.05, 3.63) is 52.3 Å². The SMILES string of the molecule is O=C(O)c1ccc(Cn2ccc(C(F)(F)F)n2)c(Cl)c1. The number of hydrogen-bond donors (Lipinski definition) is 1. The van der Waals surface area contributed by atoms with Crippen molar-refractivity contribution in [1.82, 2.24) is 9.78 Å². The van der Waals surface area contributed by atoms with Crippen LogP contribution < -0.4 is 0 Å². The molecule has 2 rings (SSSR count). The molecule has 2 aromatic rings. The number of carbonyl (C=O) groups is 1. The molecule has 0 aliphatic carbocycles. The third-order valence-electron chi connectivity index (χ3n) is 2.56. The molecule has 0 unspecified atom stereocenters. The van der Waals surface area contributed by atoms with E-state index >= 15 is 0 Å². The number of benzene rings is 1. The van der Waals surface area contributed by atoms with E-state index < -0.39 is 17.8 Å². The average Bonchev–Trinajstić information content (AvgIpc) is 2.80. The Labute approximate surface area is 116 Å². The number of nitrogens with zero attached hydrogens (tertiary/aromatic N) is 2. The van der Waals surface area contributed by atoms with Gasteiger partial charge in [0.15, 0.2) is 5.69 Å². The third-order valence-corrected chi connectivity index (χ3v) is 2.92. The molecule has 0 saturated carbocycles. The maximum atomic E-state index is 12.4. The second-order valence-electron chi connectivity index (χ2n) is 4.01. The summed E-state index contributed by atoms with van der Waals surface area (Å²) in [5.41, 5.74) is -0.500. The van der Waals surface area contributed by atoms with Gasteiger partial charge in [0, 0.05) is 11.2 Å². The summed E-state index contributed by atoms with van der Waals surface area (Å²) >= 11 is 5.89. The Morgan fingerprint density at radius 2 is 2.05 bits per heavy atom. The van der Waals surface area contributed by atoms with Gasteiger partial charge in [-0.3, -0.25) is 4.68 Å². The molecule has 1 heterocycles. The highest BCUT2D eigenvalue weighted by atomic mass is 35.5. The standard InChI is InChI=1S/C12H8ClF3N2O2/c13-9-5-7(11(19)20)1-2-8(9)6-18-4-3-10(17-18)12(14,15)16/h1-5H,6H2,(H,19,20). The quantitative estimate of drug-likeness (QED) is 0.946. The van der Waals surface area contributed by atoms with E-state index in [0.29, 0.717) is 5.56 Å². The van der Waals surface area contributed by atoms with Crippen molar-refractivity contribution in [2.75, 3.05) is 0 Å². The summed E-state index contributed by atoms with van der Waals surface area (Å²) in [5, 5.41) is 12.3. The molecule has 0 bridgehead atoms. The van der Waals surface area contributed by atoms with Crippen LogP contribution in [-0.4, -0.2) is 20.9 Å². The molecule has 4 nitrogen and oxygen atoms in total. The van der Waals surface area contributed by atoms with Crippen LogP contribution in [0.25, 0.3) is 0 Å². The van der Waals surface area contributed by atoms with Crippen molar-refractivity contribution in [3.63, 3.8) is 0 Å². The molecule has 0 amide bonds. The predicted octanol–water partition coefficient (Wildman–Crippen LogP) is 3.30. The summed E-state index contributed by atoms with van der Waals surface area (Å²) < 4.78 is 38.3. The van der Waals surface area contributed by atoms with E-state index in [9.17, 15) is 18.0 Å².